The largest absolute Gasteiger partial charge is 0.372 e. The number of hydrogen-bond acceptors (Lipinski definition) is 2. The molecule has 1 aliphatic carbocycles. The van der Waals surface area contributed by atoms with E-state index in [4.69, 9.17) is 0 Å². The summed E-state index contributed by atoms with van der Waals surface area (Å²) in [5, 5.41) is 0. The molecule has 0 fully saturated rings. The Labute approximate surface area is 139 Å². The van der Waals surface area contributed by atoms with E-state index in [9.17, 15) is 0 Å². The van der Waals surface area contributed by atoms with Gasteiger partial charge in [0, 0.05) is 36.9 Å². The average Bonchev–Trinajstić information content (AvgIpc) is 3.10. The van der Waals surface area contributed by atoms with Gasteiger partial charge in [0.2, 0.25) is 0 Å². The van der Waals surface area contributed by atoms with Crippen LogP contribution in [0.25, 0.3) is 0 Å². The van der Waals surface area contributed by atoms with Crippen molar-refractivity contribution < 1.29 is 0 Å². The van der Waals surface area contributed by atoms with Gasteiger partial charge in [-0.3, -0.25) is 0 Å². The molecule has 4 rings (SSSR count). The highest BCUT2D eigenvalue weighted by atomic mass is 15.2. The summed E-state index contributed by atoms with van der Waals surface area (Å²) < 4.78 is 0. The monoisotopic (exact) mass is 306 g/mol. The van der Waals surface area contributed by atoms with Crippen molar-refractivity contribution >= 4 is 11.4 Å². The van der Waals surface area contributed by atoms with Crippen molar-refractivity contribution in [2.75, 3.05) is 29.4 Å². The Balaban J connectivity index is 1.79. The van der Waals surface area contributed by atoms with Gasteiger partial charge in [-0.1, -0.05) is 24.3 Å². The highest BCUT2D eigenvalue weighted by molar-refractivity contribution is 5.70. The number of nitrogens with zero attached hydrogens (tertiary/aromatic N) is 2. The Morgan fingerprint density at radius 3 is 2.52 bits per heavy atom. The van der Waals surface area contributed by atoms with Crippen molar-refractivity contribution in [3.63, 3.8) is 0 Å². The van der Waals surface area contributed by atoms with Crippen LogP contribution in [0.5, 0.6) is 0 Å². The van der Waals surface area contributed by atoms with Crippen molar-refractivity contribution in [2.45, 2.75) is 39.2 Å². The molecule has 120 valence electrons. The lowest BCUT2D eigenvalue weighted by Gasteiger charge is -2.27. The summed E-state index contributed by atoms with van der Waals surface area (Å²) in [5.41, 5.74) is 7.46. The summed E-state index contributed by atoms with van der Waals surface area (Å²) in [6.45, 7) is 9.98. The summed E-state index contributed by atoms with van der Waals surface area (Å²) in [4.78, 5) is 5.06. The molecule has 0 radical (unpaired) electrons. The lowest BCUT2D eigenvalue weighted by atomic mass is 9.95. The standard InChI is InChI=1S/C21H26N2/c1-4-22(5-2)16-11-12-20-18(14-16)19-13-15-9-7-8-10-17(15)21(19)23(20)6-3/h7-12,14,19,21H,4-6,13H2,1-3H3/t19-,21-/m0/s1. The number of rotatable bonds is 4. The van der Waals surface area contributed by atoms with Crippen LogP contribution in [0.2, 0.25) is 0 Å². The molecule has 2 aromatic rings. The minimum atomic E-state index is 0.540. The van der Waals surface area contributed by atoms with Gasteiger partial charge < -0.3 is 9.80 Å². The first-order chi connectivity index (χ1) is 11.3. The van der Waals surface area contributed by atoms with Gasteiger partial charge in [-0.2, -0.15) is 0 Å². The fourth-order valence-corrected chi connectivity index (χ4v) is 4.64. The van der Waals surface area contributed by atoms with E-state index in [0.29, 0.717) is 12.0 Å². The molecule has 0 unspecified atom stereocenters. The second-order valence-electron chi connectivity index (χ2n) is 6.66. The van der Waals surface area contributed by atoms with Crippen molar-refractivity contribution in [2.24, 2.45) is 0 Å². The molecule has 0 amide bonds. The first kappa shape index (κ1) is 14.6. The van der Waals surface area contributed by atoms with Crippen molar-refractivity contribution in [1.29, 1.82) is 0 Å². The predicted molar refractivity (Wildman–Crippen MR) is 98.7 cm³/mol. The van der Waals surface area contributed by atoms with E-state index < -0.39 is 0 Å². The minimum Gasteiger partial charge on any atom is -0.372 e. The molecule has 2 atom stereocenters. The molecule has 0 bridgehead atoms. The smallest absolute Gasteiger partial charge is 0.0617 e. The molecule has 23 heavy (non-hydrogen) atoms. The van der Waals surface area contributed by atoms with E-state index in [1.54, 1.807) is 16.7 Å². The SMILES string of the molecule is CCN(CC)c1ccc2c(c1)[C@@H]1Cc3ccccc3[C@@H]1N2CC. The van der Waals surface area contributed by atoms with Crippen molar-refractivity contribution in [3.05, 3.63) is 59.2 Å². The first-order valence-electron chi connectivity index (χ1n) is 9.01. The van der Waals surface area contributed by atoms with E-state index in [2.05, 4.69) is 73.0 Å². The molecule has 0 N–H and O–H groups in total. The number of hydrogen-bond donors (Lipinski definition) is 0. The molecular formula is C21H26N2. The molecule has 0 spiro atoms. The highest BCUT2D eigenvalue weighted by Crippen LogP contribution is 2.55. The zero-order valence-corrected chi connectivity index (χ0v) is 14.4. The number of fused-ring (bicyclic) bond motifs is 5. The summed E-state index contributed by atoms with van der Waals surface area (Å²) >= 11 is 0. The van der Waals surface area contributed by atoms with Crippen LogP contribution in [0.1, 0.15) is 49.4 Å². The van der Waals surface area contributed by atoms with Crippen LogP contribution in [0.15, 0.2) is 42.5 Å². The molecule has 2 aliphatic rings. The van der Waals surface area contributed by atoms with Crippen LogP contribution in [0.3, 0.4) is 0 Å². The maximum atomic E-state index is 2.61. The van der Waals surface area contributed by atoms with Crippen LogP contribution in [0.4, 0.5) is 11.4 Å². The third kappa shape index (κ3) is 2.08. The number of likely N-dealkylation sites (N-methyl/N-ethyl adjacent to an activating group) is 1. The zero-order chi connectivity index (χ0) is 16.0. The van der Waals surface area contributed by atoms with Gasteiger partial charge in [0.05, 0.1) is 6.04 Å². The van der Waals surface area contributed by atoms with Crippen LogP contribution in [-0.2, 0) is 6.42 Å². The van der Waals surface area contributed by atoms with E-state index in [0.717, 1.165) is 19.6 Å². The van der Waals surface area contributed by atoms with Crippen LogP contribution in [0, 0.1) is 0 Å². The van der Waals surface area contributed by atoms with Gasteiger partial charge in [-0.05, 0) is 62.1 Å². The topological polar surface area (TPSA) is 6.48 Å². The maximum Gasteiger partial charge on any atom is 0.0617 e. The lowest BCUT2D eigenvalue weighted by molar-refractivity contribution is 0.596. The quantitative estimate of drug-likeness (QED) is 0.804. The molecule has 0 saturated carbocycles. The van der Waals surface area contributed by atoms with Gasteiger partial charge >= 0.3 is 0 Å². The second kappa shape index (κ2) is 5.59. The van der Waals surface area contributed by atoms with Crippen molar-refractivity contribution in [3.8, 4) is 0 Å². The van der Waals surface area contributed by atoms with E-state index >= 15 is 0 Å². The molecule has 1 heterocycles. The zero-order valence-electron chi connectivity index (χ0n) is 14.4. The Morgan fingerprint density at radius 2 is 1.78 bits per heavy atom. The third-order valence-electron chi connectivity index (χ3n) is 5.72. The van der Waals surface area contributed by atoms with Crippen molar-refractivity contribution in [1.82, 2.24) is 0 Å². The summed E-state index contributed by atoms with van der Waals surface area (Å²) in [6.07, 6.45) is 1.19. The Bertz CT molecular complexity index is 718. The van der Waals surface area contributed by atoms with Crippen LogP contribution < -0.4 is 9.80 Å². The molecule has 2 heteroatoms. The van der Waals surface area contributed by atoms with E-state index in [-0.39, 0.29) is 0 Å². The van der Waals surface area contributed by atoms with E-state index in [1.807, 2.05) is 0 Å². The third-order valence-corrected chi connectivity index (χ3v) is 5.72. The summed E-state index contributed by atoms with van der Waals surface area (Å²) in [6, 6.07) is 16.7. The maximum absolute atomic E-state index is 2.61. The van der Waals surface area contributed by atoms with Gasteiger partial charge in [0.15, 0.2) is 0 Å². The predicted octanol–water partition coefficient (Wildman–Crippen LogP) is 4.75. The fraction of sp³-hybridized carbons (Fsp3) is 0.429. The molecule has 0 aromatic heterocycles. The Morgan fingerprint density at radius 1 is 1.00 bits per heavy atom. The van der Waals surface area contributed by atoms with Gasteiger partial charge in [0.25, 0.3) is 0 Å². The van der Waals surface area contributed by atoms with Crippen LogP contribution in [-0.4, -0.2) is 19.6 Å². The fourth-order valence-electron chi connectivity index (χ4n) is 4.64. The average molecular weight is 306 g/mol. The summed E-state index contributed by atoms with van der Waals surface area (Å²) in [7, 11) is 0. The molecule has 0 saturated heterocycles. The summed E-state index contributed by atoms with van der Waals surface area (Å²) in [5.74, 6) is 0.623. The second-order valence-corrected chi connectivity index (χ2v) is 6.66. The van der Waals surface area contributed by atoms with Gasteiger partial charge in [0.1, 0.15) is 0 Å². The minimum absolute atomic E-state index is 0.540. The van der Waals surface area contributed by atoms with E-state index in [1.165, 1.54) is 17.8 Å². The molecular weight excluding hydrogens is 280 g/mol. The van der Waals surface area contributed by atoms with Gasteiger partial charge in [-0.25, -0.2) is 0 Å². The van der Waals surface area contributed by atoms with Gasteiger partial charge in [-0.15, -0.1) is 0 Å². The highest BCUT2D eigenvalue weighted by Gasteiger charge is 2.43. The van der Waals surface area contributed by atoms with Crippen LogP contribution >= 0.6 is 0 Å². The normalized spacial score (nSPS) is 21.1. The Hall–Kier alpha value is -1.96. The lowest BCUT2D eigenvalue weighted by Crippen LogP contribution is -2.24. The Kier molecular flexibility index (Phi) is 3.56. The molecule has 2 aromatic carbocycles. The molecule has 2 nitrogen and oxygen atoms in total. The molecule has 1 aliphatic heterocycles. The first-order valence-corrected chi connectivity index (χ1v) is 9.01. The number of anilines is 2. The number of benzene rings is 2.